The molecule has 0 spiro atoms. The number of aliphatic imine (C=N–C) groups is 1. The van der Waals surface area contributed by atoms with Crippen LogP contribution in [0.1, 0.15) is 20.8 Å². The molecule has 19 heavy (non-hydrogen) atoms. The second-order valence-corrected chi connectivity index (χ2v) is 5.51. The Morgan fingerprint density at radius 1 is 1.42 bits per heavy atom. The summed E-state index contributed by atoms with van der Waals surface area (Å²) in [7, 11) is 0. The third-order valence-electron chi connectivity index (χ3n) is 3.07. The molecular weight excluding hydrogens is 256 g/mol. The van der Waals surface area contributed by atoms with Crippen LogP contribution >= 0.6 is 11.8 Å². The maximum absolute atomic E-state index is 11.6. The number of Topliss-reactive ketones (excluding diaryl/α,β-unsaturated/α-hetero) is 1. The van der Waals surface area contributed by atoms with Gasteiger partial charge in [-0.05, 0) is 32.9 Å². The minimum atomic E-state index is 0.115. The summed E-state index contributed by atoms with van der Waals surface area (Å²) in [5.74, 6) is 0.136. The number of carbonyl (C=O) groups is 1. The fourth-order valence-corrected chi connectivity index (χ4v) is 3.37. The first-order chi connectivity index (χ1) is 9.13. The second kappa shape index (κ2) is 6.06. The van der Waals surface area contributed by atoms with Crippen LogP contribution in [0.15, 0.2) is 45.9 Å². The molecule has 1 aliphatic heterocycles. The van der Waals surface area contributed by atoms with Crippen molar-refractivity contribution in [2.75, 3.05) is 6.54 Å². The molecule has 0 amide bonds. The molecule has 0 saturated carbocycles. The summed E-state index contributed by atoms with van der Waals surface area (Å²) in [6.07, 6.45) is 1.92. The van der Waals surface area contributed by atoms with Crippen LogP contribution in [0, 0.1) is 0 Å². The van der Waals surface area contributed by atoms with Gasteiger partial charge in [-0.1, -0.05) is 30.0 Å². The van der Waals surface area contributed by atoms with E-state index in [9.17, 15) is 4.79 Å². The molecule has 1 aromatic carbocycles. The lowest BCUT2D eigenvalue weighted by atomic mass is 10.3. The van der Waals surface area contributed by atoms with Gasteiger partial charge in [-0.2, -0.15) is 0 Å². The lowest BCUT2D eigenvalue weighted by Crippen LogP contribution is -2.28. The van der Waals surface area contributed by atoms with Gasteiger partial charge in [0.05, 0.1) is 10.6 Å². The zero-order valence-electron chi connectivity index (χ0n) is 11.5. The molecule has 1 aliphatic rings. The van der Waals surface area contributed by atoms with Crippen LogP contribution < -0.4 is 0 Å². The lowest BCUT2D eigenvalue weighted by Gasteiger charge is -2.22. The number of para-hydroxylation sites is 1. The Hall–Kier alpha value is -1.55. The summed E-state index contributed by atoms with van der Waals surface area (Å²) in [6.45, 7) is 6.59. The molecule has 3 nitrogen and oxygen atoms in total. The highest BCUT2D eigenvalue weighted by Gasteiger charge is 2.29. The molecule has 1 atom stereocenters. The molecule has 0 aliphatic carbocycles. The van der Waals surface area contributed by atoms with E-state index in [0.717, 1.165) is 22.8 Å². The minimum absolute atomic E-state index is 0.115. The topological polar surface area (TPSA) is 32.7 Å². The van der Waals surface area contributed by atoms with Crippen LogP contribution in [-0.4, -0.2) is 28.8 Å². The summed E-state index contributed by atoms with van der Waals surface area (Å²) >= 11 is 1.59. The molecule has 0 saturated heterocycles. The van der Waals surface area contributed by atoms with Gasteiger partial charge < -0.3 is 4.90 Å². The summed E-state index contributed by atoms with van der Waals surface area (Å²) in [5, 5.41) is 0.115. The summed E-state index contributed by atoms with van der Waals surface area (Å²) in [6, 6.07) is 9.85. The Labute approximate surface area is 118 Å². The molecule has 100 valence electrons. The van der Waals surface area contributed by atoms with E-state index in [2.05, 4.69) is 16.8 Å². The molecule has 4 heteroatoms. The molecule has 1 heterocycles. The molecule has 1 unspecified atom stereocenters. The van der Waals surface area contributed by atoms with Gasteiger partial charge in [-0.25, -0.2) is 0 Å². The second-order valence-electron chi connectivity index (χ2n) is 4.38. The first-order valence-electron chi connectivity index (χ1n) is 6.37. The molecule has 1 aromatic rings. The standard InChI is InChI=1S/C15H18N2OS/c1-4-17-11(2)15(12(3)18)19-14(17)10-16-13-8-6-5-7-9-13/h5-10,14H,4H2,1-3H3. The van der Waals surface area contributed by atoms with Crippen LogP contribution in [0.4, 0.5) is 5.69 Å². The summed E-state index contributed by atoms with van der Waals surface area (Å²) in [5.41, 5.74) is 2.00. The summed E-state index contributed by atoms with van der Waals surface area (Å²) < 4.78 is 0. The molecule has 0 radical (unpaired) electrons. The SMILES string of the molecule is CCN1C(C)=C(C(C)=O)SC1C=Nc1ccccc1. The molecule has 0 bridgehead atoms. The van der Waals surface area contributed by atoms with Crippen molar-refractivity contribution >= 4 is 29.4 Å². The predicted molar refractivity (Wildman–Crippen MR) is 81.7 cm³/mol. The van der Waals surface area contributed by atoms with Gasteiger partial charge in [-0.3, -0.25) is 9.79 Å². The monoisotopic (exact) mass is 274 g/mol. The van der Waals surface area contributed by atoms with Gasteiger partial charge in [0, 0.05) is 18.5 Å². The average Bonchev–Trinajstić information content (AvgIpc) is 2.74. The first kappa shape index (κ1) is 13.9. The number of hydrogen-bond acceptors (Lipinski definition) is 4. The van der Waals surface area contributed by atoms with Gasteiger partial charge in [0.1, 0.15) is 5.37 Å². The zero-order valence-corrected chi connectivity index (χ0v) is 12.3. The number of rotatable bonds is 4. The van der Waals surface area contributed by atoms with Crippen LogP contribution in [0.3, 0.4) is 0 Å². The number of hydrogen-bond donors (Lipinski definition) is 0. The Morgan fingerprint density at radius 2 is 2.11 bits per heavy atom. The number of allylic oxidation sites excluding steroid dienone is 2. The molecule has 0 fully saturated rings. The van der Waals surface area contributed by atoms with Crippen LogP contribution in [-0.2, 0) is 4.79 Å². The Balaban J connectivity index is 2.15. The van der Waals surface area contributed by atoms with E-state index in [4.69, 9.17) is 0 Å². The average molecular weight is 274 g/mol. The fraction of sp³-hybridized carbons (Fsp3) is 0.333. The van der Waals surface area contributed by atoms with E-state index < -0.39 is 0 Å². The summed E-state index contributed by atoms with van der Waals surface area (Å²) in [4.78, 5) is 19.1. The molecule has 2 rings (SSSR count). The third-order valence-corrected chi connectivity index (χ3v) is 4.51. The Bertz CT molecular complexity index is 522. The Morgan fingerprint density at radius 3 is 2.68 bits per heavy atom. The van der Waals surface area contributed by atoms with Crippen molar-refractivity contribution in [3.05, 3.63) is 40.9 Å². The number of benzene rings is 1. The van der Waals surface area contributed by atoms with Crippen molar-refractivity contribution in [2.24, 2.45) is 4.99 Å². The van der Waals surface area contributed by atoms with E-state index in [0.29, 0.717) is 0 Å². The van der Waals surface area contributed by atoms with Gasteiger partial charge >= 0.3 is 0 Å². The predicted octanol–water partition coefficient (Wildman–Crippen LogP) is 3.60. The van der Waals surface area contributed by atoms with Crippen LogP contribution in [0.25, 0.3) is 0 Å². The van der Waals surface area contributed by atoms with Crippen molar-refractivity contribution in [2.45, 2.75) is 26.1 Å². The number of carbonyl (C=O) groups excluding carboxylic acids is 1. The first-order valence-corrected chi connectivity index (χ1v) is 7.25. The van der Waals surface area contributed by atoms with E-state index in [-0.39, 0.29) is 11.2 Å². The lowest BCUT2D eigenvalue weighted by molar-refractivity contribution is -0.113. The highest BCUT2D eigenvalue weighted by atomic mass is 32.2. The third kappa shape index (κ3) is 3.07. The maximum Gasteiger partial charge on any atom is 0.167 e. The van der Waals surface area contributed by atoms with Gasteiger partial charge in [0.15, 0.2) is 5.78 Å². The highest BCUT2D eigenvalue weighted by molar-refractivity contribution is 8.05. The van der Waals surface area contributed by atoms with E-state index in [1.165, 1.54) is 0 Å². The zero-order chi connectivity index (χ0) is 13.8. The number of thioether (sulfide) groups is 1. The minimum Gasteiger partial charge on any atom is -0.357 e. The van der Waals surface area contributed by atoms with Crippen molar-refractivity contribution in [3.8, 4) is 0 Å². The largest absolute Gasteiger partial charge is 0.357 e. The van der Waals surface area contributed by atoms with Gasteiger partial charge in [-0.15, -0.1) is 0 Å². The highest BCUT2D eigenvalue weighted by Crippen LogP contribution is 2.37. The molecule has 0 N–H and O–H groups in total. The van der Waals surface area contributed by atoms with Crippen LogP contribution in [0.2, 0.25) is 0 Å². The number of ketones is 1. The van der Waals surface area contributed by atoms with Crippen molar-refractivity contribution in [1.29, 1.82) is 0 Å². The van der Waals surface area contributed by atoms with Gasteiger partial charge in [0.25, 0.3) is 0 Å². The van der Waals surface area contributed by atoms with Gasteiger partial charge in [0.2, 0.25) is 0 Å². The maximum atomic E-state index is 11.6. The van der Waals surface area contributed by atoms with E-state index in [1.54, 1.807) is 18.7 Å². The molecular formula is C15H18N2OS. The van der Waals surface area contributed by atoms with E-state index >= 15 is 0 Å². The quantitative estimate of drug-likeness (QED) is 0.786. The van der Waals surface area contributed by atoms with Crippen molar-refractivity contribution < 1.29 is 4.79 Å². The van der Waals surface area contributed by atoms with E-state index in [1.807, 2.05) is 43.5 Å². The van der Waals surface area contributed by atoms with Crippen molar-refractivity contribution in [3.63, 3.8) is 0 Å². The Kier molecular flexibility index (Phi) is 4.43. The molecule has 0 aromatic heterocycles. The van der Waals surface area contributed by atoms with Crippen molar-refractivity contribution in [1.82, 2.24) is 4.90 Å². The smallest absolute Gasteiger partial charge is 0.167 e. The van der Waals surface area contributed by atoms with Crippen LogP contribution in [0.5, 0.6) is 0 Å². The normalized spacial score (nSPS) is 19.5. The number of nitrogens with zero attached hydrogens (tertiary/aromatic N) is 2. The fourth-order valence-electron chi connectivity index (χ4n) is 2.12.